The monoisotopic (exact) mass is 413 g/mol. The first-order valence-electron chi connectivity index (χ1n) is 8.45. The van der Waals surface area contributed by atoms with E-state index in [4.69, 9.17) is 0 Å². The molecule has 0 aliphatic heterocycles. The third-order valence-corrected chi connectivity index (χ3v) is 4.79. The molecule has 0 fully saturated rings. The number of halogens is 1. The first-order valence-corrected chi connectivity index (χ1v) is 9.44. The topological polar surface area (TPSA) is 103 Å². The lowest BCUT2D eigenvalue weighted by Gasteiger charge is -2.08. The standard InChI is InChI=1S/C19H16FN5O3S/c1-2-10-24-18(13-6-4-3-5-7-13)22-23-19(24)29-12-17(26)21-16-11-14(25(27)28)8-9-15(16)20/h2-9,11H,1,10,12H2,(H,21,26). The van der Waals surface area contributed by atoms with Crippen molar-refractivity contribution in [1.29, 1.82) is 0 Å². The maximum atomic E-state index is 13.8. The van der Waals surface area contributed by atoms with Gasteiger partial charge in [-0.1, -0.05) is 48.2 Å². The molecule has 0 bridgehead atoms. The molecule has 3 rings (SSSR count). The zero-order chi connectivity index (χ0) is 20.8. The van der Waals surface area contributed by atoms with Crippen LogP contribution in [0.1, 0.15) is 0 Å². The minimum absolute atomic E-state index is 0.0772. The average molecular weight is 413 g/mol. The Hall–Kier alpha value is -3.53. The van der Waals surface area contributed by atoms with Crippen LogP contribution in [-0.4, -0.2) is 31.3 Å². The lowest BCUT2D eigenvalue weighted by atomic mass is 10.2. The number of aromatic nitrogens is 3. The Morgan fingerprint density at radius 2 is 2.03 bits per heavy atom. The van der Waals surface area contributed by atoms with Crippen LogP contribution in [0, 0.1) is 15.9 Å². The molecule has 0 saturated carbocycles. The molecule has 0 unspecified atom stereocenters. The van der Waals surface area contributed by atoms with Crippen LogP contribution in [-0.2, 0) is 11.3 Å². The van der Waals surface area contributed by atoms with Gasteiger partial charge in [-0.05, 0) is 6.07 Å². The number of thioether (sulfide) groups is 1. The van der Waals surface area contributed by atoms with Gasteiger partial charge in [0.1, 0.15) is 5.82 Å². The summed E-state index contributed by atoms with van der Waals surface area (Å²) in [7, 11) is 0. The molecule has 0 atom stereocenters. The number of hydrogen-bond acceptors (Lipinski definition) is 6. The number of amides is 1. The second kappa shape index (κ2) is 9.11. The van der Waals surface area contributed by atoms with Crippen molar-refractivity contribution >= 4 is 29.0 Å². The molecule has 10 heteroatoms. The molecule has 2 aromatic carbocycles. The summed E-state index contributed by atoms with van der Waals surface area (Å²) in [5.41, 5.74) is 0.312. The second-order valence-corrected chi connectivity index (χ2v) is 6.77. The third kappa shape index (κ3) is 4.85. The molecular weight excluding hydrogens is 397 g/mol. The van der Waals surface area contributed by atoms with E-state index in [0.29, 0.717) is 17.5 Å². The van der Waals surface area contributed by atoms with Gasteiger partial charge in [0.25, 0.3) is 5.69 Å². The zero-order valence-corrected chi connectivity index (χ0v) is 15.9. The maximum Gasteiger partial charge on any atom is 0.271 e. The van der Waals surface area contributed by atoms with E-state index in [2.05, 4.69) is 22.1 Å². The summed E-state index contributed by atoms with van der Waals surface area (Å²) in [6.45, 7) is 4.18. The van der Waals surface area contributed by atoms with Crippen LogP contribution in [0.15, 0.2) is 66.3 Å². The summed E-state index contributed by atoms with van der Waals surface area (Å²) in [5.74, 6) is -0.719. The summed E-state index contributed by atoms with van der Waals surface area (Å²) in [6.07, 6.45) is 1.69. The predicted octanol–water partition coefficient (Wildman–Crippen LogP) is 3.91. The van der Waals surface area contributed by atoms with Gasteiger partial charge >= 0.3 is 0 Å². The van der Waals surface area contributed by atoms with Crippen LogP contribution in [0.4, 0.5) is 15.8 Å². The van der Waals surface area contributed by atoms with Crippen LogP contribution in [0.25, 0.3) is 11.4 Å². The number of allylic oxidation sites excluding steroid dienone is 1. The van der Waals surface area contributed by atoms with E-state index < -0.39 is 16.6 Å². The average Bonchev–Trinajstić information content (AvgIpc) is 3.11. The number of hydrogen-bond donors (Lipinski definition) is 1. The Labute approximate surface area is 169 Å². The Morgan fingerprint density at radius 1 is 1.28 bits per heavy atom. The van der Waals surface area contributed by atoms with Crippen LogP contribution >= 0.6 is 11.8 Å². The minimum atomic E-state index is -0.755. The lowest BCUT2D eigenvalue weighted by Crippen LogP contribution is -2.16. The maximum absolute atomic E-state index is 13.8. The first-order chi connectivity index (χ1) is 14.0. The van der Waals surface area contributed by atoms with Gasteiger partial charge in [-0.2, -0.15) is 0 Å². The van der Waals surface area contributed by atoms with E-state index in [1.165, 1.54) is 0 Å². The highest BCUT2D eigenvalue weighted by Crippen LogP contribution is 2.25. The molecule has 0 saturated heterocycles. The molecule has 0 aliphatic rings. The second-order valence-electron chi connectivity index (χ2n) is 5.83. The van der Waals surface area contributed by atoms with Gasteiger partial charge in [0.15, 0.2) is 11.0 Å². The molecule has 1 amide bonds. The Kier molecular flexibility index (Phi) is 6.35. The van der Waals surface area contributed by atoms with Crippen molar-refractivity contribution in [3.63, 3.8) is 0 Å². The number of nitro benzene ring substituents is 1. The molecule has 1 aromatic heterocycles. The number of non-ortho nitro benzene ring substituents is 1. The molecule has 1 N–H and O–H groups in total. The van der Waals surface area contributed by atoms with E-state index in [0.717, 1.165) is 35.5 Å². The van der Waals surface area contributed by atoms with Crippen LogP contribution in [0.2, 0.25) is 0 Å². The Balaban J connectivity index is 1.72. The van der Waals surface area contributed by atoms with E-state index >= 15 is 0 Å². The fourth-order valence-corrected chi connectivity index (χ4v) is 3.28. The smallest absolute Gasteiger partial charge is 0.271 e. The van der Waals surface area contributed by atoms with Gasteiger partial charge in [0, 0.05) is 24.2 Å². The Morgan fingerprint density at radius 3 is 2.72 bits per heavy atom. The summed E-state index contributed by atoms with van der Waals surface area (Å²) in [6, 6.07) is 12.4. The highest BCUT2D eigenvalue weighted by atomic mass is 32.2. The molecule has 0 radical (unpaired) electrons. The van der Waals surface area contributed by atoms with E-state index in [1.807, 2.05) is 34.9 Å². The number of nitro groups is 1. The number of carbonyl (C=O) groups is 1. The summed E-state index contributed by atoms with van der Waals surface area (Å²) >= 11 is 1.12. The number of carbonyl (C=O) groups excluding carboxylic acids is 1. The van der Waals surface area contributed by atoms with Crippen molar-refractivity contribution in [2.45, 2.75) is 11.7 Å². The molecule has 8 nitrogen and oxygen atoms in total. The quantitative estimate of drug-likeness (QED) is 0.260. The first kappa shape index (κ1) is 20.2. The van der Waals surface area contributed by atoms with Gasteiger partial charge in [-0.15, -0.1) is 16.8 Å². The van der Waals surface area contributed by atoms with E-state index in [1.54, 1.807) is 6.08 Å². The minimum Gasteiger partial charge on any atom is -0.323 e. The fraction of sp³-hybridized carbons (Fsp3) is 0.105. The van der Waals surface area contributed by atoms with Crippen molar-refractivity contribution in [3.8, 4) is 11.4 Å². The molecule has 3 aromatic rings. The molecule has 29 heavy (non-hydrogen) atoms. The van der Waals surface area contributed by atoms with Crippen molar-refractivity contribution in [1.82, 2.24) is 14.8 Å². The van der Waals surface area contributed by atoms with Crippen molar-refractivity contribution in [3.05, 3.63) is 77.1 Å². The molecular formula is C19H16FN5O3S. The van der Waals surface area contributed by atoms with Gasteiger partial charge in [0.05, 0.1) is 16.4 Å². The highest BCUT2D eigenvalue weighted by Gasteiger charge is 2.17. The number of benzene rings is 2. The zero-order valence-electron chi connectivity index (χ0n) is 15.1. The van der Waals surface area contributed by atoms with Crippen LogP contribution in [0.3, 0.4) is 0 Å². The van der Waals surface area contributed by atoms with E-state index in [-0.39, 0.29) is 17.1 Å². The van der Waals surface area contributed by atoms with Crippen LogP contribution in [0.5, 0.6) is 0 Å². The van der Waals surface area contributed by atoms with Gasteiger partial charge in [-0.25, -0.2) is 4.39 Å². The third-order valence-electron chi connectivity index (χ3n) is 3.83. The van der Waals surface area contributed by atoms with Crippen LogP contribution < -0.4 is 5.32 Å². The van der Waals surface area contributed by atoms with Crippen molar-refractivity contribution in [2.75, 3.05) is 11.1 Å². The highest BCUT2D eigenvalue weighted by molar-refractivity contribution is 7.99. The summed E-state index contributed by atoms with van der Waals surface area (Å²) < 4.78 is 15.6. The number of nitrogens with one attached hydrogen (secondary N) is 1. The van der Waals surface area contributed by atoms with E-state index in [9.17, 15) is 19.3 Å². The van der Waals surface area contributed by atoms with Gasteiger partial charge in [-0.3, -0.25) is 19.5 Å². The van der Waals surface area contributed by atoms with Gasteiger partial charge < -0.3 is 5.32 Å². The fourth-order valence-electron chi connectivity index (χ4n) is 2.53. The predicted molar refractivity (Wildman–Crippen MR) is 108 cm³/mol. The van der Waals surface area contributed by atoms with Crippen molar-refractivity contribution in [2.24, 2.45) is 0 Å². The number of rotatable bonds is 8. The molecule has 148 valence electrons. The van der Waals surface area contributed by atoms with Gasteiger partial charge in [0.2, 0.25) is 5.91 Å². The number of nitrogens with zero attached hydrogens (tertiary/aromatic N) is 4. The molecule has 0 spiro atoms. The molecule has 1 heterocycles. The lowest BCUT2D eigenvalue weighted by molar-refractivity contribution is -0.384. The normalized spacial score (nSPS) is 10.5. The number of anilines is 1. The van der Waals surface area contributed by atoms with Crippen molar-refractivity contribution < 1.29 is 14.1 Å². The Bertz CT molecular complexity index is 1060. The summed E-state index contributed by atoms with van der Waals surface area (Å²) in [4.78, 5) is 22.4. The SMILES string of the molecule is C=CCn1c(SCC(=O)Nc2cc([N+](=O)[O-])ccc2F)nnc1-c1ccccc1. The largest absolute Gasteiger partial charge is 0.323 e. The molecule has 0 aliphatic carbocycles. The summed E-state index contributed by atoms with van der Waals surface area (Å²) in [5, 5.41) is 22.0.